The van der Waals surface area contributed by atoms with Crippen LogP contribution >= 0.6 is 11.3 Å². The quantitative estimate of drug-likeness (QED) is 0.629. The van der Waals surface area contributed by atoms with Crippen LogP contribution in [0.2, 0.25) is 0 Å². The van der Waals surface area contributed by atoms with Crippen LogP contribution in [0.15, 0.2) is 47.8 Å². The van der Waals surface area contributed by atoms with Gasteiger partial charge in [-0.1, -0.05) is 6.07 Å². The van der Waals surface area contributed by atoms with Gasteiger partial charge in [-0.25, -0.2) is 9.07 Å². The second-order valence-electron chi connectivity index (χ2n) is 7.55. The highest BCUT2D eigenvalue weighted by Crippen LogP contribution is 2.18. The highest BCUT2D eigenvalue weighted by Gasteiger charge is 2.20. The molecule has 0 bridgehead atoms. The minimum atomic E-state index is -0.303. The molecule has 1 aliphatic rings. The van der Waals surface area contributed by atoms with Gasteiger partial charge in [0.1, 0.15) is 11.6 Å². The second-order valence-corrected chi connectivity index (χ2v) is 8.59. The highest BCUT2D eigenvalue weighted by atomic mass is 32.1. The van der Waals surface area contributed by atoms with Crippen LogP contribution in [0.25, 0.3) is 5.69 Å². The maximum absolute atomic E-state index is 13.2. The van der Waals surface area contributed by atoms with Crippen molar-refractivity contribution in [2.24, 2.45) is 0 Å². The smallest absolute Gasteiger partial charge is 0.239 e. The lowest BCUT2D eigenvalue weighted by molar-refractivity contribution is -0.117. The number of thiophene rings is 1. The minimum absolute atomic E-state index is 0.0645. The SMILES string of the molecule is Cc1cc(NC(=O)CN2CCN(CCc3cccs3)CC2)n(-c2ccc(F)cc2)n1. The molecular weight excluding hydrogens is 401 g/mol. The molecule has 30 heavy (non-hydrogen) atoms. The Labute approximate surface area is 179 Å². The van der Waals surface area contributed by atoms with Gasteiger partial charge < -0.3 is 10.2 Å². The standard InChI is InChI=1S/C22H26FN5OS/c1-17-15-21(28(25-17)19-6-4-18(23)5-7-19)24-22(29)16-27-12-10-26(11-13-27)9-8-20-3-2-14-30-20/h2-7,14-15H,8-13,16H2,1H3,(H,24,29). The van der Waals surface area contributed by atoms with E-state index in [1.165, 1.54) is 17.0 Å². The van der Waals surface area contributed by atoms with E-state index in [1.54, 1.807) is 16.8 Å². The lowest BCUT2D eigenvalue weighted by Crippen LogP contribution is -2.49. The van der Waals surface area contributed by atoms with Gasteiger partial charge >= 0.3 is 0 Å². The first-order chi connectivity index (χ1) is 14.6. The molecule has 158 valence electrons. The number of aromatic nitrogens is 2. The first-order valence-electron chi connectivity index (χ1n) is 10.2. The van der Waals surface area contributed by atoms with Crippen molar-refractivity contribution in [3.63, 3.8) is 0 Å². The Morgan fingerprint density at radius 2 is 1.87 bits per heavy atom. The molecule has 0 unspecified atom stereocenters. The van der Waals surface area contributed by atoms with Gasteiger partial charge in [0.25, 0.3) is 0 Å². The van der Waals surface area contributed by atoms with Crippen LogP contribution < -0.4 is 5.32 Å². The molecule has 0 spiro atoms. The average Bonchev–Trinajstić information content (AvgIpc) is 3.38. The number of anilines is 1. The minimum Gasteiger partial charge on any atom is -0.309 e. The van der Waals surface area contributed by atoms with Crippen LogP contribution in [0.3, 0.4) is 0 Å². The summed E-state index contributed by atoms with van der Waals surface area (Å²) in [6.07, 6.45) is 1.09. The number of amides is 1. The third-order valence-corrected chi connectivity index (χ3v) is 6.19. The van der Waals surface area contributed by atoms with Crippen LogP contribution in [0, 0.1) is 12.7 Å². The molecule has 8 heteroatoms. The summed E-state index contributed by atoms with van der Waals surface area (Å²) in [4.78, 5) is 18.7. The third kappa shape index (κ3) is 5.33. The Morgan fingerprint density at radius 3 is 2.57 bits per heavy atom. The number of rotatable bonds is 7. The van der Waals surface area contributed by atoms with Crippen molar-refractivity contribution in [2.75, 3.05) is 44.6 Å². The lowest BCUT2D eigenvalue weighted by Gasteiger charge is -2.34. The molecule has 0 aliphatic carbocycles. The number of piperazine rings is 1. The number of carbonyl (C=O) groups is 1. The van der Waals surface area contributed by atoms with Gasteiger partial charge in [-0.15, -0.1) is 11.3 Å². The van der Waals surface area contributed by atoms with Crippen molar-refractivity contribution in [1.29, 1.82) is 0 Å². The average molecular weight is 428 g/mol. The van der Waals surface area contributed by atoms with Crippen molar-refractivity contribution < 1.29 is 9.18 Å². The van der Waals surface area contributed by atoms with Crippen molar-refractivity contribution in [3.8, 4) is 5.69 Å². The molecule has 2 aromatic heterocycles. The molecule has 1 N–H and O–H groups in total. The van der Waals surface area contributed by atoms with E-state index in [9.17, 15) is 9.18 Å². The van der Waals surface area contributed by atoms with E-state index in [0.29, 0.717) is 18.1 Å². The molecule has 3 aromatic rings. The maximum atomic E-state index is 13.2. The first-order valence-corrected chi connectivity index (χ1v) is 11.0. The van der Waals surface area contributed by atoms with Gasteiger partial charge in [-0.05, 0) is 49.1 Å². The fourth-order valence-corrected chi connectivity index (χ4v) is 4.35. The molecule has 4 rings (SSSR count). The summed E-state index contributed by atoms with van der Waals surface area (Å²) in [6.45, 7) is 7.01. The van der Waals surface area contributed by atoms with Gasteiger partial charge in [-0.2, -0.15) is 5.10 Å². The van der Waals surface area contributed by atoms with Crippen LogP contribution in [0.5, 0.6) is 0 Å². The third-order valence-electron chi connectivity index (χ3n) is 5.26. The molecular formula is C22H26FN5OS. The van der Waals surface area contributed by atoms with Gasteiger partial charge in [-0.3, -0.25) is 9.69 Å². The second kappa shape index (κ2) is 9.51. The number of hydrogen-bond donors (Lipinski definition) is 1. The monoisotopic (exact) mass is 427 g/mol. The number of carbonyl (C=O) groups excluding carboxylic acids is 1. The Balaban J connectivity index is 1.28. The van der Waals surface area contributed by atoms with E-state index < -0.39 is 0 Å². The molecule has 0 radical (unpaired) electrons. The van der Waals surface area contributed by atoms with Gasteiger partial charge in [0.2, 0.25) is 5.91 Å². The summed E-state index contributed by atoms with van der Waals surface area (Å²) in [5.41, 5.74) is 1.49. The Bertz CT molecular complexity index is 962. The number of aryl methyl sites for hydroxylation is 1. The summed E-state index contributed by atoms with van der Waals surface area (Å²) in [7, 11) is 0. The summed E-state index contributed by atoms with van der Waals surface area (Å²) < 4.78 is 14.9. The molecule has 1 fully saturated rings. The lowest BCUT2D eigenvalue weighted by atomic mass is 10.2. The van der Waals surface area contributed by atoms with Crippen molar-refractivity contribution in [3.05, 3.63) is 64.2 Å². The first kappa shape index (κ1) is 20.7. The normalized spacial score (nSPS) is 15.4. The van der Waals surface area contributed by atoms with Crippen LogP contribution in [0.1, 0.15) is 10.6 Å². The van der Waals surface area contributed by atoms with Crippen LogP contribution in [-0.2, 0) is 11.2 Å². The van der Waals surface area contributed by atoms with E-state index in [4.69, 9.17) is 0 Å². The summed E-state index contributed by atoms with van der Waals surface area (Å²) in [5.74, 6) is 0.228. The van der Waals surface area contributed by atoms with Gasteiger partial charge in [0, 0.05) is 43.7 Å². The number of benzene rings is 1. The summed E-state index contributed by atoms with van der Waals surface area (Å²) in [5, 5.41) is 9.50. The van der Waals surface area contributed by atoms with Crippen molar-refractivity contribution in [2.45, 2.75) is 13.3 Å². The molecule has 1 amide bonds. The van der Waals surface area contributed by atoms with Crippen molar-refractivity contribution in [1.82, 2.24) is 19.6 Å². The van der Waals surface area contributed by atoms with Crippen LogP contribution in [0.4, 0.5) is 10.2 Å². The predicted octanol–water partition coefficient (Wildman–Crippen LogP) is 3.18. The largest absolute Gasteiger partial charge is 0.309 e. The van der Waals surface area contributed by atoms with E-state index >= 15 is 0 Å². The van der Waals surface area contributed by atoms with E-state index in [1.807, 2.05) is 24.3 Å². The molecule has 1 aliphatic heterocycles. The Morgan fingerprint density at radius 1 is 1.13 bits per heavy atom. The van der Waals surface area contributed by atoms with Crippen LogP contribution in [-0.4, -0.2) is 64.8 Å². The number of nitrogens with one attached hydrogen (secondary N) is 1. The van der Waals surface area contributed by atoms with Gasteiger partial charge in [0.05, 0.1) is 17.9 Å². The molecule has 0 saturated carbocycles. The van der Waals surface area contributed by atoms with Gasteiger partial charge in [0.15, 0.2) is 0 Å². The summed E-state index contributed by atoms with van der Waals surface area (Å²) in [6, 6.07) is 12.2. The zero-order valence-corrected chi connectivity index (χ0v) is 17.9. The Hall–Kier alpha value is -2.55. The molecule has 6 nitrogen and oxygen atoms in total. The zero-order chi connectivity index (χ0) is 20.9. The molecule has 1 aromatic carbocycles. The summed E-state index contributed by atoms with van der Waals surface area (Å²) >= 11 is 1.81. The number of halogens is 1. The maximum Gasteiger partial charge on any atom is 0.239 e. The topological polar surface area (TPSA) is 53.4 Å². The predicted molar refractivity (Wildman–Crippen MR) is 118 cm³/mol. The van der Waals surface area contributed by atoms with Crippen molar-refractivity contribution >= 4 is 23.1 Å². The highest BCUT2D eigenvalue weighted by molar-refractivity contribution is 7.09. The molecule has 0 atom stereocenters. The zero-order valence-electron chi connectivity index (χ0n) is 17.1. The van der Waals surface area contributed by atoms with E-state index in [0.717, 1.165) is 44.8 Å². The number of nitrogens with zero attached hydrogens (tertiary/aromatic N) is 4. The molecule has 1 saturated heterocycles. The number of hydrogen-bond acceptors (Lipinski definition) is 5. The molecule has 3 heterocycles. The Kier molecular flexibility index (Phi) is 6.56. The fraction of sp³-hybridized carbons (Fsp3) is 0.364. The van der Waals surface area contributed by atoms with E-state index in [-0.39, 0.29) is 11.7 Å². The van der Waals surface area contributed by atoms with E-state index in [2.05, 4.69) is 37.7 Å². The fourth-order valence-electron chi connectivity index (χ4n) is 3.65.